The highest BCUT2D eigenvalue weighted by Crippen LogP contribution is 1.83. The van der Waals surface area contributed by atoms with E-state index in [4.69, 9.17) is 0 Å². The molecule has 2 nitrogen and oxygen atoms in total. The fraction of sp³-hybridized carbons (Fsp3) is 0.417. The maximum Gasteiger partial charge on any atom is 0.330 e. The minimum atomic E-state index is -0.358. The maximum atomic E-state index is 10.6. The molecule has 0 aromatic rings. The lowest BCUT2D eigenvalue weighted by atomic mass is 10.3. The first-order valence-electron chi connectivity index (χ1n) is 4.51. The van der Waals surface area contributed by atoms with Crippen molar-refractivity contribution in [3.63, 3.8) is 0 Å². The largest absolute Gasteiger partial charge is 0.466 e. The minimum Gasteiger partial charge on any atom is -0.466 e. The Bertz CT molecular complexity index is 305. The number of unbranched alkanes of at least 4 members (excludes halogenated alkanes) is 1. The molecule has 0 spiro atoms. The molecular weight excluding hydrogens is 176 g/mol. The fourth-order valence-corrected chi connectivity index (χ4v) is 0.609. The average molecular weight is 190 g/mol. The van der Waals surface area contributed by atoms with E-state index in [9.17, 15) is 4.79 Å². The zero-order valence-corrected chi connectivity index (χ0v) is 8.59. The van der Waals surface area contributed by atoms with Gasteiger partial charge in [-0.2, -0.15) is 0 Å². The van der Waals surface area contributed by atoms with Gasteiger partial charge in [-0.25, -0.2) is 4.79 Å². The molecule has 0 radical (unpaired) electrons. The van der Waals surface area contributed by atoms with E-state index in [2.05, 4.69) is 35.3 Å². The number of allylic oxidation sites excluding steroid dienone is 1. The number of esters is 1. The molecule has 0 aliphatic carbocycles. The van der Waals surface area contributed by atoms with Gasteiger partial charge in [0.2, 0.25) is 0 Å². The van der Waals surface area contributed by atoms with E-state index in [1.165, 1.54) is 13.2 Å². The molecule has 0 N–H and O–H groups in total. The van der Waals surface area contributed by atoms with E-state index in [0.29, 0.717) is 6.42 Å². The monoisotopic (exact) mass is 190 g/mol. The molecule has 0 atom stereocenters. The zero-order valence-electron chi connectivity index (χ0n) is 8.59. The van der Waals surface area contributed by atoms with Crippen LogP contribution in [0, 0.1) is 23.7 Å². The third-order valence-electron chi connectivity index (χ3n) is 1.29. The van der Waals surface area contributed by atoms with Crippen molar-refractivity contribution in [1.82, 2.24) is 0 Å². The Kier molecular flexibility index (Phi) is 8.29. The zero-order chi connectivity index (χ0) is 10.6. The standard InChI is InChI=1S/C12H14O2/c1-3-4-5-6-7-8-9-10-11-12(13)14-2/h10-11H,3-4,9H2,1-2H3. The second kappa shape index (κ2) is 9.42. The van der Waals surface area contributed by atoms with Crippen molar-refractivity contribution < 1.29 is 9.53 Å². The number of hydrogen-bond donors (Lipinski definition) is 0. The lowest BCUT2D eigenvalue weighted by molar-refractivity contribution is -0.134. The van der Waals surface area contributed by atoms with E-state index in [1.807, 2.05) is 0 Å². The Morgan fingerprint density at radius 2 is 2.07 bits per heavy atom. The number of ether oxygens (including phenoxy) is 1. The summed E-state index contributed by atoms with van der Waals surface area (Å²) in [6.45, 7) is 2.07. The van der Waals surface area contributed by atoms with Gasteiger partial charge in [-0.1, -0.05) is 24.8 Å². The Morgan fingerprint density at radius 3 is 2.71 bits per heavy atom. The lowest BCUT2D eigenvalue weighted by Gasteiger charge is -1.86. The third kappa shape index (κ3) is 8.43. The van der Waals surface area contributed by atoms with Crippen molar-refractivity contribution >= 4 is 5.97 Å². The number of rotatable bonds is 3. The van der Waals surface area contributed by atoms with Crippen molar-refractivity contribution in [1.29, 1.82) is 0 Å². The quantitative estimate of drug-likeness (QED) is 0.386. The van der Waals surface area contributed by atoms with E-state index < -0.39 is 0 Å². The summed E-state index contributed by atoms with van der Waals surface area (Å²) in [5, 5.41) is 0. The predicted octanol–water partition coefficient (Wildman–Crippen LogP) is 1.91. The highest BCUT2D eigenvalue weighted by atomic mass is 16.5. The van der Waals surface area contributed by atoms with Gasteiger partial charge < -0.3 is 4.74 Å². The summed E-state index contributed by atoms with van der Waals surface area (Å²) in [6.07, 6.45) is 5.47. The Labute approximate surface area is 85.3 Å². The van der Waals surface area contributed by atoms with Gasteiger partial charge in [0.05, 0.1) is 7.11 Å². The van der Waals surface area contributed by atoms with Crippen LogP contribution in [0.3, 0.4) is 0 Å². The molecule has 0 heterocycles. The van der Waals surface area contributed by atoms with Crippen molar-refractivity contribution in [3.05, 3.63) is 12.2 Å². The van der Waals surface area contributed by atoms with Crippen molar-refractivity contribution in [2.45, 2.75) is 26.2 Å². The maximum absolute atomic E-state index is 10.6. The smallest absolute Gasteiger partial charge is 0.330 e. The number of methoxy groups -OCH3 is 1. The van der Waals surface area contributed by atoms with Gasteiger partial charge in [0, 0.05) is 18.9 Å². The van der Waals surface area contributed by atoms with Crippen LogP contribution >= 0.6 is 0 Å². The van der Waals surface area contributed by atoms with Crippen LogP contribution in [0.15, 0.2) is 12.2 Å². The summed E-state index contributed by atoms with van der Waals surface area (Å²) in [4.78, 5) is 10.6. The summed E-state index contributed by atoms with van der Waals surface area (Å²) in [7, 11) is 1.34. The molecule has 0 amide bonds. The molecule has 0 fully saturated rings. The molecule has 2 heteroatoms. The van der Waals surface area contributed by atoms with Gasteiger partial charge in [0.15, 0.2) is 0 Å². The number of hydrogen-bond acceptors (Lipinski definition) is 2. The first-order chi connectivity index (χ1) is 6.81. The minimum absolute atomic E-state index is 0.358. The highest BCUT2D eigenvalue weighted by molar-refractivity contribution is 5.81. The van der Waals surface area contributed by atoms with Crippen LogP contribution in [-0.4, -0.2) is 13.1 Å². The van der Waals surface area contributed by atoms with Gasteiger partial charge in [-0.05, 0) is 18.3 Å². The topological polar surface area (TPSA) is 26.3 Å². The molecule has 0 aromatic heterocycles. The van der Waals surface area contributed by atoms with Crippen LogP contribution in [0.5, 0.6) is 0 Å². The van der Waals surface area contributed by atoms with Gasteiger partial charge in [0.25, 0.3) is 0 Å². The summed E-state index contributed by atoms with van der Waals surface area (Å²) >= 11 is 0. The van der Waals surface area contributed by atoms with Crippen LogP contribution in [0.4, 0.5) is 0 Å². The van der Waals surface area contributed by atoms with Crippen LogP contribution < -0.4 is 0 Å². The van der Waals surface area contributed by atoms with Gasteiger partial charge >= 0.3 is 5.97 Å². The van der Waals surface area contributed by atoms with Crippen LogP contribution in [0.25, 0.3) is 0 Å². The molecule has 0 aliphatic heterocycles. The number of carbonyl (C=O) groups excluding carboxylic acids is 1. The van der Waals surface area contributed by atoms with E-state index >= 15 is 0 Å². The third-order valence-corrected chi connectivity index (χ3v) is 1.29. The van der Waals surface area contributed by atoms with Crippen molar-refractivity contribution in [3.8, 4) is 23.7 Å². The Morgan fingerprint density at radius 1 is 1.36 bits per heavy atom. The molecule has 14 heavy (non-hydrogen) atoms. The van der Waals surface area contributed by atoms with Crippen molar-refractivity contribution in [2.75, 3.05) is 7.11 Å². The normalized spacial score (nSPS) is 8.43. The summed E-state index contributed by atoms with van der Waals surface area (Å²) < 4.78 is 4.41. The van der Waals surface area contributed by atoms with E-state index in [0.717, 1.165) is 12.8 Å². The van der Waals surface area contributed by atoms with E-state index in [-0.39, 0.29) is 5.97 Å². The molecule has 0 saturated heterocycles. The average Bonchev–Trinajstić information content (AvgIpc) is 2.21. The molecule has 0 rings (SSSR count). The molecule has 0 bridgehead atoms. The van der Waals surface area contributed by atoms with Gasteiger partial charge in [0.1, 0.15) is 0 Å². The number of carbonyl (C=O) groups is 1. The first-order valence-corrected chi connectivity index (χ1v) is 4.51. The Balaban J connectivity index is 3.68. The van der Waals surface area contributed by atoms with Gasteiger partial charge in [-0.3, -0.25) is 0 Å². The Hall–Kier alpha value is -1.67. The molecule has 0 aromatic carbocycles. The van der Waals surface area contributed by atoms with Crippen LogP contribution in [0.2, 0.25) is 0 Å². The molecule has 0 unspecified atom stereocenters. The molecular formula is C12H14O2. The van der Waals surface area contributed by atoms with Gasteiger partial charge in [-0.15, -0.1) is 0 Å². The fourth-order valence-electron chi connectivity index (χ4n) is 0.609. The molecule has 0 saturated carbocycles. The lowest BCUT2D eigenvalue weighted by Crippen LogP contribution is -1.92. The second-order valence-electron chi connectivity index (χ2n) is 2.48. The summed E-state index contributed by atoms with van der Waals surface area (Å²) in [5.41, 5.74) is 0. The molecule has 74 valence electrons. The summed E-state index contributed by atoms with van der Waals surface area (Å²) in [5.74, 6) is 10.8. The van der Waals surface area contributed by atoms with E-state index in [1.54, 1.807) is 6.08 Å². The predicted molar refractivity (Wildman–Crippen MR) is 56.2 cm³/mol. The van der Waals surface area contributed by atoms with Crippen LogP contribution in [-0.2, 0) is 9.53 Å². The van der Waals surface area contributed by atoms with Crippen molar-refractivity contribution in [2.24, 2.45) is 0 Å². The first kappa shape index (κ1) is 12.3. The van der Waals surface area contributed by atoms with Crippen LogP contribution in [0.1, 0.15) is 26.2 Å². The molecule has 0 aliphatic rings. The summed E-state index contributed by atoms with van der Waals surface area (Å²) in [6, 6.07) is 0. The SMILES string of the molecule is CCCC#CC#CCC=CC(=O)OC. The second-order valence-corrected chi connectivity index (χ2v) is 2.48. The highest BCUT2D eigenvalue weighted by Gasteiger charge is 1.86.